The van der Waals surface area contributed by atoms with Crippen molar-refractivity contribution in [2.24, 2.45) is 0 Å². The summed E-state index contributed by atoms with van der Waals surface area (Å²) in [6.45, 7) is 4.98. The lowest BCUT2D eigenvalue weighted by atomic mass is 9.99. The van der Waals surface area contributed by atoms with Crippen LogP contribution in [0.4, 0.5) is 0 Å². The summed E-state index contributed by atoms with van der Waals surface area (Å²) in [6.07, 6.45) is 1.05. The molecule has 0 N–H and O–H groups in total. The Kier molecular flexibility index (Phi) is 5.48. The van der Waals surface area contributed by atoms with Crippen molar-refractivity contribution < 1.29 is 29.2 Å². The van der Waals surface area contributed by atoms with E-state index < -0.39 is 23.4 Å². The molecule has 0 saturated heterocycles. The molecular formula is C17H19NO6. The van der Waals surface area contributed by atoms with Gasteiger partial charge >= 0.3 is 5.97 Å². The Morgan fingerprint density at radius 2 is 1.83 bits per heavy atom. The van der Waals surface area contributed by atoms with E-state index in [4.69, 9.17) is 4.89 Å². The number of amides is 2. The molecule has 1 aromatic rings. The molecule has 0 unspecified atom stereocenters. The van der Waals surface area contributed by atoms with Crippen molar-refractivity contribution in [3.63, 3.8) is 0 Å². The van der Waals surface area contributed by atoms with Gasteiger partial charge in [0.15, 0.2) is 0 Å². The summed E-state index contributed by atoms with van der Waals surface area (Å²) in [6, 6.07) is 9.29. The molecule has 2 rings (SSSR count). The molecule has 128 valence electrons. The predicted molar refractivity (Wildman–Crippen MR) is 82.8 cm³/mol. The van der Waals surface area contributed by atoms with Crippen molar-refractivity contribution in [1.29, 1.82) is 0 Å². The largest absolute Gasteiger partial charge is 0.347 e. The Morgan fingerprint density at radius 3 is 2.42 bits per heavy atom. The molecule has 0 bridgehead atoms. The number of imide groups is 1. The van der Waals surface area contributed by atoms with Gasteiger partial charge in [0.05, 0.1) is 6.42 Å². The quantitative estimate of drug-likeness (QED) is 0.431. The number of carbonyl (C=O) groups is 3. The Morgan fingerprint density at radius 1 is 1.17 bits per heavy atom. The van der Waals surface area contributed by atoms with Gasteiger partial charge in [0.25, 0.3) is 11.8 Å². The van der Waals surface area contributed by atoms with Gasteiger partial charge in [0.1, 0.15) is 5.60 Å². The van der Waals surface area contributed by atoms with Crippen molar-refractivity contribution in [2.75, 3.05) is 6.54 Å². The third kappa shape index (κ3) is 4.27. The van der Waals surface area contributed by atoms with Crippen LogP contribution in [0.25, 0.3) is 0 Å². The Hall–Kier alpha value is -2.51. The molecule has 24 heavy (non-hydrogen) atoms. The Bertz CT molecular complexity index is 665. The van der Waals surface area contributed by atoms with E-state index in [2.05, 4.69) is 9.93 Å². The second kappa shape index (κ2) is 7.37. The molecule has 0 aliphatic carbocycles. The predicted octanol–water partition coefficient (Wildman–Crippen LogP) is 2.03. The van der Waals surface area contributed by atoms with Crippen molar-refractivity contribution >= 4 is 17.8 Å². The number of benzene rings is 1. The summed E-state index contributed by atoms with van der Waals surface area (Å²) in [7, 11) is 0. The first-order valence-corrected chi connectivity index (χ1v) is 7.46. The van der Waals surface area contributed by atoms with Crippen molar-refractivity contribution in [1.82, 2.24) is 4.90 Å². The molecule has 7 nitrogen and oxygen atoms in total. The molecule has 0 aromatic heterocycles. The first-order chi connectivity index (χ1) is 11.3. The van der Waals surface area contributed by atoms with E-state index >= 15 is 0 Å². The highest BCUT2D eigenvalue weighted by Crippen LogP contribution is 2.24. The number of hydrogen-bond acceptors (Lipinski definition) is 6. The lowest BCUT2D eigenvalue weighted by molar-refractivity contribution is -0.520. The van der Waals surface area contributed by atoms with Crippen LogP contribution in [0.15, 0.2) is 42.0 Å². The molecule has 2 amide bonds. The maximum atomic E-state index is 11.7. The molecule has 0 fully saturated rings. The van der Waals surface area contributed by atoms with Gasteiger partial charge in [-0.25, -0.2) is 4.79 Å². The summed E-state index contributed by atoms with van der Waals surface area (Å²) in [5.74, 6) is -1.59. The minimum absolute atomic E-state index is 0.0736. The van der Waals surface area contributed by atoms with Crippen LogP contribution in [0.5, 0.6) is 0 Å². The summed E-state index contributed by atoms with van der Waals surface area (Å²) in [5.41, 5.74) is 0.372. The van der Waals surface area contributed by atoms with Gasteiger partial charge in [-0.05, 0) is 31.4 Å². The van der Waals surface area contributed by atoms with E-state index in [-0.39, 0.29) is 13.0 Å². The van der Waals surface area contributed by atoms with Crippen LogP contribution in [0.3, 0.4) is 0 Å². The third-order valence-corrected chi connectivity index (χ3v) is 3.57. The lowest BCUT2D eigenvalue weighted by Crippen LogP contribution is -2.33. The van der Waals surface area contributed by atoms with E-state index in [0.717, 1.165) is 10.5 Å². The van der Waals surface area contributed by atoms with E-state index in [0.29, 0.717) is 5.57 Å². The average Bonchev–Trinajstić information content (AvgIpc) is 2.79. The highest BCUT2D eigenvalue weighted by Gasteiger charge is 2.29. The number of carbonyl (C=O) groups excluding carboxylic acids is 3. The zero-order chi connectivity index (χ0) is 17.7. The highest BCUT2D eigenvalue weighted by atomic mass is 17.5. The van der Waals surface area contributed by atoms with Gasteiger partial charge < -0.3 is 0 Å². The average molecular weight is 333 g/mol. The number of rotatable bonds is 7. The van der Waals surface area contributed by atoms with Crippen LogP contribution in [0.1, 0.15) is 32.8 Å². The topological polar surface area (TPSA) is 82.1 Å². The molecule has 0 spiro atoms. The molecule has 0 radical (unpaired) electrons. The fourth-order valence-electron chi connectivity index (χ4n) is 2.12. The van der Waals surface area contributed by atoms with Crippen LogP contribution in [0.2, 0.25) is 0 Å². The van der Waals surface area contributed by atoms with Gasteiger partial charge in [0, 0.05) is 18.2 Å². The smallest absolute Gasteiger partial charge is 0.275 e. The van der Waals surface area contributed by atoms with Crippen LogP contribution in [0, 0.1) is 0 Å². The van der Waals surface area contributed by atoms with Crippen LogP contribution < -0.4 is 0 Å². The van der Waals surface area contributed by atoms with Gasteiger partial charge in [-0.2, -0.15) is 4.89 Å². The first-order valence-electron chi connectivity index (χ1n) is 7.46. The fraction of sp³-hybridized carbons (Fsp3) is 0.353. The second-order valence-corrected chi connectivity index (χ2v) is 5.86. The monoisotopic (exact) mass is 333 g/mol. The molecule has 7 heteroatoms. The first kappa shape index (κ1) is 17.8. The maximum Gasteiger partial charge on any atom is 0.347 e. The number of hydrogen-bond donors (Lipinski definition) is 0. The SMILES string of the molecule is CC1=CC(=O)N(CCC(=O)OOOC(C)(C)c2ccccc2)C1=O. The minimum Gasteiger partial charge on any atom is -0.275 e. The summed E-state index contributed by atoms with van der Waals surface area (Å²) >= 11 is 0. The Labute approximate surface area is 139 Å². The second-order valence-electron chi connectivity index (χ2n) is 5.86. The fourth-order valence-corrected chi connectivity index (χ4v) is 2.12. The summed E-state index contributed by atoms with van der Waals surface area (Å²) in [5, 5.41) is 4.55. The molecule has 0 saturated carbocycles. The van der Waals surface area contributed by atoms with E-state index in [1.54, 1.807) is 20.8 Å². The third-order valence-electron chi connectivity index (χ3n) is 3.57. The van der Waals surface area contributed by atoms with Crippen molar-refractivity contribution in [2.45, 2.75) is 32.8 Å². The minimum atomic E-state index is -0.816. The van der Waals surface area contributed by atoms with Gasteiger partial charge in [-0.15, -0.1) is 0 Å². The number of nitrogens with zero attached hydrogens (tertiary/aromatic N) is 1. The normalized spacial score (nSPS) is 14.8. The highest BCUT2D eigenvalue weighted by molar-refractivity contribution is 6.15. The van der Waals surface area contributed by atoms with Crippen LogP contribution >= 0.6 is 0 Å². The van der Waals surface area contributed by atoms with Gasteiger partial charge in [-0.3, -0.25) is 19.4 Å². The molecule has 1 aliphatic rings. The van der Waals surface area contributed by atoms with E-state index in [1.165, 1.54) is 6.08 Å². The molecular weight excluding hydrogens is 314 g/mol. The lowest BCUT2D eigenvalue weighted by Gasteiger charge is -2.22. The Balaban J connectivity index is 1.74. The zero-order valence-electron chi connectivity index (χ0n) is 13.8. The van der Waals surface area contributed by atoms with Gasteiger partial charge in [0.2, 0.25) is 0 Å². The molecule has 0 atom stereocenters. The van der Waals surface area contributed by atoms with Crippen molar-refractivity contribution in [3.05, 3.63) is 47.5 Å². The van der Waals surface area contributed by atoms with E-state index in [1.807, 2.05) is 30.3 Å². The van der Waals surface area contributed by atoms with Crippen LogP contribution in [-0.2, 0) is 34.8 Å². The van der Waals surface area contributed by atoms with E-state index in [9.17, 15) is 14.4 Å². The summed E-state index contributed by atoms with van der Waals surface area (Å²) in [4.78, 5) is 45.4. The maximum absolute atomic E-state index is 11.7. The molecule has 1 heterocycles. The molecule has 1 aromatic carbocycles. The summed E-state index contributed by atoms with van der Waals surface area (Å²) < 4.78 is 0. The zero-order valence-corrected chi connectivity index (χ0v) is 13.8. The molecule has 1 aliphatic heterocycles. The van der Waals surface area contributed by atoms with Crippen LogP contribution in [-0.4, -0.2) is 29.2 Å². The van der Waals surface area contributed by atoms with Gasteiger partial charge in [-0.1, -0.05) is 30.3 Å². The standard InChI is InChI=1S/C17H19NO6/c1-12-11-14(19)18(16(12)21)10-9-15(20)22-24-23-17(2,3)13-7-5-4-6-8-13/h4-8,11H,9-10H2,1-3H3. The van der Waals surface area contributed by atoms with Crippen molar-refractivity contribution in [3.8, 4) is 0 Å².